The Balaban J connectivity index is 3.80. The summed E-state index contributed by atoms with van der Waals surface area (Å²) < 4.78 is 30.7. The van der Waals surface area contributed by atoms with E-state index in [1.54, 1.807) is 0 Å². The molecule has 0 spiro atoms. The first-order valence-electron chi connectivity index (χ1n) is 1.22. The van der Waals surface area contributed by atoms with Crippen LogP contribution < -0.4 is 0 Å². The van der Waals surface area contributed by atoms with Gasteiger partial charge < -0.3 is 0 Å². The zero-order valence-corrected chi connectivity index (χ0v) is 7.01. The van der Waals surface area contributed by atoms with Crippen LogP contribution in [0.3, 0.4) is 0 Å². The highest BCUT2D eigenvalue weighted by Crippen LogP contribution is 2.59. The molecule has 1 nitrogen and oxygen atoms in total. The lowest BCUT2D eigenvalue weighted by Gasteiger charge is -1.94. The second-order valence-electron chi connectivity index (χ2n) is 0.780. The van der Waals surface area contributed by atoms with Gasteiger partial charge in [0.05, 0.1) is 0 Å². The second-order valence-corrected chi connectivity index (χ2v) is 6.78. The molecule has 0 radical (unpaired) electrons. The fraction of sp³-hybridized carbons (Fsp3) is 1.00. The Morgan fingerprint density at radius 1 is 1.43 bits per heavy atom. The summed E-state index contributed by atoms with van der Waals surface area (Å²) in [5.41, 5.74) is 0. The Hall–Kier alpha value is 1.05. The summed E-state index contributed by atoms with van der Waals surface area (Å²) in [4.78, 5) is 0. The molecular formula is CHBr2F2OP. The summed E-state index contributed by atoms with van der Waals surface area (Å²) in [6.45, 7) is 0. The Bertz CT molecular complexity index is 97.9. The van der Waals surface area contributed by atoms with Crippen LogP contribution in [0, 0.1) is 0 Å². The zero-order chi connectivity index (χ0) is 6.08. The van der Waals surface area contributed by atoms with Crippen molar-refractivity contribution in [1.29, 1.82) is 0 Å². The molecule has 0 rings (SSSR count). The van der Waals surface area contributed by atoms with Crippen molar-refractivity contribution in [3.05, 3.63) is 0 Å². The molecule has 6 heteroatoms. The van der Waals surface area contributed by atoms with Crippen LogP contribution in [0.1, 0.15) is 0 Å². The van der Waals surface area contributed by atoms with Crippen molar-refractivity contribution in [1.82, 2.24) is 0 Å². The number of rotatable bonds is 1. The zero-order valence-electron chi connectivity index (χ0n) is 2.94. The van der Waals surface area contributed by atoms with Gasteiger partial charge in [0.2, 0.25) is 0 Å². The molecule has 0 aliphatic heterocycles. The molecule has 0 aliphatic carbocycles. The summed E-state index contributed by atoms with van der Waals surface area (Å²) in [5.74, 6) is 0. The van der Waals surface area contributed by atoms with Gasteiger partial charge >= 0.3 is 7.76 Å². The maximum Gasteiger partial charge on any atom is 0.426 e. The van der Waals surface area contributed by atoms with Gasteiger partial charge in [-0.3, -0.25) is 0 Å². The maximum atomic E-state index is 11.3. The number of alkyl halides is 2. The van der Waals surface area contributed by atoms with E-state index in [2.05, 4.69) is 31.9 Å². The van der Waals surface area contributed by atoms with Gasteiger partial charge in [-0.2, -0.15) is 8.39 Å². The Morgan fingerprint density at radius 2 is 1.57 bits per heavy atom. The average Bonchev–Trinajstić information content (AvgIpc) is 1.31. The van der Waals surface area contributed by atoms with Crippen LogP contribution in [-0.4, -0.2) is 3.48 Å². The van der Waals surface area contributed by atoms with E-state index in [0.717, 1.165) is 0 Å². The predicted octanol–water partition coefficient (Wildman–Crippen LogP) is 3.19. The Labute approximate surface area is 56.3 Å². The highest BCUT2D eigenvalue weighted by molar-refractivity contribution is 9.26. The normalized spacial score (nSPS) is 12.7. The van der Waals surface area contributed by atoms with Crippen molar-refractivity contribution in [2.75, 3.05) is 0 Å². The lowest BCUT2D eigenvalue weighted by atomic mass is 11.9. The van der Waals surface area contributed by atoms with Crippen LogP contribution >= 0.6 is 39.6 Å². The third-order valence-electron chi connectivity index (χ3n) is 0.227. The van der Waals surface area contributed by atoms with E-state index in [9.17, 15) is 13.0 Å². The van der Waals surface area contributed by atoms with Gasteiger partial charge in [0.25, 0.3) is 0 Å². The summed E-state index contributed by atoms with van der Waals surface area (Å²) in [5, 5.41) is 0. The van der Waals surface area contributed by atoms with Crippen LogP contribution in [0.5, 0.6) is 0 Å². The summed E-state index contributed by atoms with van der Waals surface area (Å²) in [6, 6.07) is 0. The summed E-state index contributed by atoms with van der Waals surface area (Å²) >= 11 is 4.80. The van der Waals surface area contributed by atoms with Crippen molar-refractivity contribution in [3.8, 4) is 0 Å². The Morgan fingerprint density at radius 3 is 1.57 bits per heavy atom. The van der Waals surface area contributed by atoms with Crippen molar-refractivity contribution >= 4 is 39.6 Å². The topological polar surface area (TPSA) is 17.1 Å². The first kappa shape index (κ1) is 8.05. The molecule has 0 aromatic rings. The summed E-state index contributed by atoms with van der Waals surface area (Å²) in [7, 11) is -4.90. The minimum atomic E-state index is -4.90. The Kier molecular flexibility index (Phi) is 2.94. The quantitative estimate of drug-likeness (QED) is 0.521. The van der Waals surface area contributed by atoms with E-state index in [4.69, 9.17) is 0 Å². The fourth-order valence-corrected chi connectivity index (χ4v) is 0. The van der Waals surface area contributed by atoms with Crippen LogP contribution in [0.15, 0.2) is 0 Å². The van der Waals surface area contributed by atoms with Gasteiger partial charge in [-0.1, -0.05) is 31.9 Å². The monoisotopic (exact) mass is 256 g/mol. The molecule has 0 atom stereocenters. The molecule has 7 heavy (non-hydrogen) atoms. The fourth-order valence-electron chi connectivity index (χ4n) is 0. The van der Waals surface area contributed by atoms with Crippen molar-refractivity contribution in [2.24, 2.45) is 0 Å². The first-order valence-corrected chi connectivity index (χ1v) is 4.60. The molecule has 0 aromatic heterocycles. The van der Waals surface area contributed by atoms with E-state index in [1.165, 1.54) is 0 Å². The molecule has 0 aliphatic rings. The SMILES string of the molecule is O=P(F)(F)C(Br)Br. The molecule has 0 N–H and O–H groups in total. The molecule has 44 valence electrons. The summed E-state index contributed by atoms with van der Waals surface area (Å²) in [6.07, 6.45) is 0. The highest BCUT2D eigenvalue weighted by atomic mass is 79.9. The third kappa shape index (κ3) is 3.62. The molecule has 0 aromatic carbocycles. The van der Waals surface area contributed by atoms with Gasteiger partial charge in [0, 0.05) is 0 Å². The van der Waals surface area contributed by atoms with Gasteiger partial charge in [-0.25, -0.2) is 4.57 Å². The van der Waals surface area contributed by atoms with Gasteiger partial charge in [0.15, 0.2) is 3.48 Å². The van der Waals surface area contributed by atoms with Crippen LogP contribution in [-0.2, 0) is 4.57 Å². The van der Waals surface area contributed by atoms with Crippen molar-refractivity contribution in [2.45, 2.75) is 3.48 Å². The minimum absolute atomic E-state index is 1.35. The lowest BCUT2D eigenvalue weighted by molar-refractivity contribution is 0.499. The molecule has 0 unspecified atom stereocenters. The molecule has 0 amide bonds. The molecule has 0 bridgehead atoms. The van der Waals surface area contributed by atoms with E-state index >= 15 is 0 Å². The van der Waals surface area contributed by atoms with Crippen LogP contribution in [0.2, 0.25) is 0 Å². The van der Waals surface area contributed by atoms with Gasteiger partial charge in [-0.15, -0.1) is 0 Å². The van der Waals surface area contributed by atoms with E-state index in [-0.39, 0.29) is 0 Å². The first-order chi connectivity index (χ1) is 2.94. The van der Waals surface area contributed by atoms with Gasteiger partial charge in [-0.05, 0) is 0 Å². The molecule has 0 fully saturated rings. The van der Waals surface area contributed by atoms with E-state index < -0.39 is 11.2 Å². The largest absolute Gasteiger partial charge is 0.426 e. The smallest absolute Gasteiger partial charge is 0.248 e. The standard InChI is InChI=1S/CHBr2F2OP/c2-1(3)7(4,5)6/h1H. The maximum absolute atomic E-state index is 11.3. The van der Waals surface area contributed by atoms with Crippen LogP contribution in [0.4, 0.5) is 8.39 Å². The molecular weight excluding hydrogens is 257 g/mol. The van der Waals surface area contributed by atoms with Crippen molar-refractivity contribution in [3.63, 3.8) is 0 Å². The number of hydrogen-bond acceptors (Lipinski definition) is 1. The molecule has 0 heterocycles. The predicted molar refractivity (Wildman–Crippen MR) is 31.5 cm³/mol. The average molecular weight is 258 g/mol. The second kappa shape index (κ2) is 2.55. The molecule has 0 saturated carbocycles. The number of hydrogen-bond donors (Lipinski definition) is 0. The van der Waals surface area contributed by atoms with Gasteiger partial charge in [0.1, 0.15) is 0 Å². The minimum Gasteiger partial charge on any atom is -0.248 e. The molecule has 0 saturated heterocycles. The number of halogens is 4. The van der Waals surface area contributed by atoms with Crippen LogP contribution in [0.25, 0.3) is 0 Å². The van der Waals surface area contributed by atoms with E-state index in [1.807, 2.05) is 0 Å². The van der Waals surface area contributed by atoms with Crippen molar-refractivity contribution < 1.29 is 13.0 Å². The lowest BCUT2D eigenvalue weighted by Crippen LogP contribution is -1.73. The third-order valence-corrected chi connectivity index (χ3v) is 3.54. The van der Waals surface area contributed by atoms with E-state index in [0.29, 0.717) is 0 Å². The highest BCUT2D eigenvalue weighted by Gasteiger charge is 2.27.